The van der Waals surface area contributed by atoms with Gasteiger partial charge in [-0.2, -0.15) is 0 Å². The van der Waals surface area contributed by atoms with Crippen molar-refractivity contribution in [2.75, 3.05) is 0 Å². The third-order valence-corrected chi connectivity index (χ3v) is 12.1. The molecule has 5 atom stereocenters. The second-order valence-corrected chi connectivity index (χ2v) is 14.9. The molecule has 5 aromatic rings. The number of rotatable bonds is 5. The normalized spacial score (nSPS) is 27.0. The van der Waals surface area contributed by atoms with Crippen molar-refractivity contribution in [1.82, 2.24) is 0 Å². The molecule has 1 N–H and O–H groups in total. The highest BCUT2D eigenvalue weighted by atomic mass is 16.5. The van der Waals surface area contributed by atoms with Crippen LogP contribution in [0.2, 0.25) is 0 Å². The summed E-state index contributed by atoms with van der Waals surface area (Å²) in [5.74, 6) is 3.41. The first kappa shape index (κ1) is 26.1. The summed E-state index contributed by atoms with van der Waals surface area (Å²) in [4.78, 5) is 0. The smallest absolute Gasteiger partial charge is 0.331 e. The van der Waals surface area contributed by atoms with E-state index in [0.717, 1.165) is 51.1 Å². The van der Waals surface area contributed by atoms with E-state index in [1.165, 1.54) is 47.9 Å². The number of hydrogen-bond donors (Lipinski definition) is 1. The van der Waals surface area contributed by atoms with Crippen LogP contribution in [0, 0.1) is 23.7 Å². The predicted octanol–water partition coefficient (Wildman–Crippen LogP) is 8.40. The molecule has 5 aliphatic rings. The maximum Gasteiger partial charge on any atom is 0.331 e. The van der Waals surface area contributed by atoms with E-state index in [2.05, 4.69) is 66.7 Å². The van der Waals surface area contributed by atoms with Crippen molar-refractivity contribution in [3.05, 3.63) is 90.0 Å². The van der Waals surface area contributed by atoms with Gasteiger partial charge in [-0.3, -0.25) is 0 Å². The van der Waals surface area contributed by atoms with E-state index in [1.54, 1.807) is 32.5 Å². The number of benzene rings is 4. The average Bonchev–Trinajstić information content (AvgIpc) is 3.66. The van der Waals surface area contributed by atoms with Crippen molar-refractivity contribution in [3.8, 4) is 22.3 Å². The summed E-state index contributed by atoms with van der Waals surface area (Å²) in [7, 11) is 1.72. The Morgan fingerprint density at radius 3 is 2.30 bits per heavy atom. The molecule has 4 fully saturated rings. The molecule has 43 heavy (non-hydrogen) atoms. The van der Waals surface area contributed by atoms with Gasteiger partial charge in [0.05, 0.1) is 11.2 Å². The molecule has 0 saturated heterocycles. The molecule has 0 amide bonds. The van der Waals surface area contributed by atoms with Gasteiger partial charge in [-0.1, -0.05) is 54.6 Å². The third-order valence-electron chi connectivity index (χ3n) is 12.1. The highest BCUT2D eigenvalue weighted by molar-refractivity contribution is 6.47. The van der Waals surface area contributed by atoms with Crippen molar-refractivity contribution in [2.24, 2.45) is 23.7 Å². The van der Waals surface area contributed by atoms with Crippen LogP contribution in [0.25, 0.3) is 44.2 Å². The molecule has 4 aromatic carbocycles. The van der Waals surface area contributed by atoms with Crippen molar-refractivity contribution in [2.45, 2.75) is 70.0 Å². The standard InChI is InChI=1S/C39H38BO3/c1-37(2,41)38(3,4)43-40-27-11-14-31-30-13-10-24(20-35(30)42-36(31)21-27)23-9-12-29-28-7-5-6-8-32(28)39(34(29)19-23)26-16-22-15-25(18-26)33(39)17-22/h5-14,19-22,25-26,33,41H,15-18H2,1-4H3. The number of aliphatic hydroxyl groups is 1. The summed E-state index contributed by atoms with van der Waals surface area (Å²) >= 11 is 0. The van der Waals surface area contributed by atoms with Crippen LogP contribution in [0.1, 0.15) is 64.5 Å². The molecule has 1 spiro atoms. The SMILES string of the molecule is CC(C)(O)C(C)(C)O[B]c1ccc2c(c1)oc1cc(-c3ccc4c(c3)C3(c5ccccc5-4)C4CC5CC(C4)C3C5)ccc12. The summed E-state index contributed by atoms with van der Waals surface area (Å²) in [5.41, 5.74) is 9.75. The molecule has 1 aromatic heterocycles. The number of fused-ring (bicyclic) bond motifs is 6. The fraction of sp³-hybridized carbons (Fsp3) is 0.385. The van der Waals surface area contributed by atoms with Crippen LogP contribution in [0.5, 0.6) is 0 Å². The summed E-state index contributed by atoms with van der Waals surface area (Å²) < 4.78 is 12.4. The van der Waals surface area contributed by atoms with E-state index in [1.807, 2.05) is 26.0 Å². The Bertz CT molecular complexity index is 1940. The van der Waals surface area contributed by atoms with Gasteiger partial charge < -0.3 is 14.2 Å². The van der Waals surface area contributed by atoms with Crippen LogP contribution < -0.4 is 5.46 Å². The molecule has 4 heteroatoms. The fourth-order valence-electron chi connectivity index (χ4n) is 9.56. The van der Waals surface area contributed by atoms with E-state index >= 15 is 0 Å². The summed E-state index contributed by atoms with van der Waals surface area (Å²) in [6.45, 7) is 7.32. The lowest BCUT2D eigenvalue weighted by atomic mass is 9.59. The molecule has 4 bridgehead atoms. The maximum absolute atomic E-state index is 10.5. The Morgan fingerprint density at radius 2 is 1.49 bits per heavy atom. The topological polar surface area (TPSA) is 42.6 Å². The molecular formula is C39H38BO3. The first-order valence-corrected chi connectivity index (χ1v) is 16.1. The van der Waals surface area contributed by atoms with Crippen LogP contribution in [-0.4, -0.2) is 23.8 Å². The first-order valence-electron chi connectivity index (χ1n) is 16.1. The molecule has 3 nitrogen and oxygen atoms in total. The lowest BCUT2D eigenvalue weighted by Crippen LogP contribution is -2.49. The molecule has 0 aliphatic heterocycles. The monoisotopic (exact) mass is 565 g/mol. The molecule has 5 aliphatic carbocycles. The number of furan rings is 1. The second-order valence-electron chi connectivity index (χ2n) is 14.9. The first-order chi connectivity index (χ1) is 20.6. The van der Waals surface area contributed by atoms with Crippen molar-refractivity contribution in [3.63, 3.8) is 0 Å². The van der Waals surface area contributed by atoms with E-state index in [-0.39, 0.29) is 5.41 Å². The van der Waals surface area contributed by atoms with E-state index < -0.39 is 11.2 Å². The highest BCUT2D eigenvalue weighted by Crippen LogP contribution is 2.73. The Hall–Kier alpha value is -3.34. The van der Waals surface area contributed by atoms with Gasteiger partial charge in [0.25, 0.3) is 0 Å². The zero-order valence-corrected chi connectivity index (χ0v) is 25.5. The van der Waals surface area contributed by atoms with Gasteiger partial charge in [0.2, 0.25) is 0 Å². The van der Waals surface area contributed by atoms with Crippen LogP contribution in [-0.2, 0) is 10.1 Å². The van der Waals surface area contributed by atoms with E-state index in [9.17, 15) is 5.11 Å². The molecule has 10 rings (SSSR count). The Balaban J connectivity index is 1.10. The largest absolute Gasteiger partial charge is 0.456 e. The van der Waals surface area contributed by atoms with Gasteiger partial charge in [-0.15, -0.1) is 0 Å². The zero-order chi connectivity index (χ0) is 29.3. The molecule has 5 unspecified atom stereocenters. The minimum Gasteiger partial charge on any atom is -0.456 e. The Kier molecular flexibility index (Phi) is 5.25. The average molecular weight is 566 g/mol. The van der Waals surface area contributed by atoms with Gasteiger partial charge in [0.1, 0.15) is 11.2 Å². The predicted molar refractivity (Wildman–Crippen MR) is 175 cm³/mol. The van der Waals surface area contributed by atoms with Crippen LogP contribution in [0.15, 0.2) is 83.3 Å². The van der Waals surface area contributed by atoms with Gasteiger partial charge in [0.15, 0.2) is 0 Å². The molecule has 4 saturated carbocycles. The summed E-state index contributed by atoms with van der Waals surface area (Å²) in [6, 6.07) is 29.4. The Labute approximate surface area is 254 Å². The lowest BCUT2D eigenvalue weighted by molar-refractivity contribution is -0.0893. The minimum absolute atomic E-state index is 0.192. The summed E-state index contributed by atoms with van der Waals surface area (Å²) in [5, 5.41) is 12.7. The highest BCUT2D eigenvalue weighted by Gasteiger charge is 2.65. The van der Waals surface area contributed by atoms with Crippen LogP contribution in [0.4, 0.5) is 0 Å². The van der Waals surface area contributed by atoms with Gasteiger partial charge >= 0.3 is 7.48 Å². The van der Waals surface area contributed by atoms with Gasteiger partial charge in [-0.25, -0.2) is 0 Å². The molecule has 1 heterocycles. The van der Waals surface area contributed by atoms with E-state index in [4.69, 9.17) is 9.07 Å². The van der Waals surface area contributed by atoms with Crippen LogP contribution >= 0.6 is 0 Å². The zero-order valence-electron chi connectivity index (χ0n) is 25.5. The third kappa shape index (κ3) is 3.51. The van der Waals surface area contributed by atoms with Crippen LogP contribution in [0.3, 0.4) is 0 Å². The molecular weight excluding hydrogens is 527 g/mol. The molecule has 1 radical (unpaired) electrons. The molecule has 215 valence electrons. The van der Waals surface area contributed by atoms with Crippen molar-refractivity contribution >= 4 is 34.9 Å². The van der Waals surface area contributed by atoms with Crippen molar-refractivity contribution in [1.29, 1.82) is 0 Å². The maximum atomic E-state index is 10.5. The quantitative estimate of drug-likeness (QED) is 0.218. The van der Waals surface area contributed by atoms with Crippen molar-refractivity contribution < 1.29 is 14.2 Å². The van der Waals surface area contributed by atoms with E-state index in [0.29, 0.717) is 0 Å². The van der Waals surface area contributed by atoms with Gasteiger partial charge in [-0.05, 0) is 140 Å². The van der Waals surface area contributed by atoms with Gasteiger partial charge in [0, 0.05) is 16.2 Å². The second kappa shape index (κ2) is 8.64. The summed E-state index contributed by atoms with van der Waals surface area (Å²) in [6.07, 6.45) is 5.66. The number of hydrogen-bond acceptors (Lipinski definition) is 3. The Morgan fingerprint density at radius 1 is 0.767 bits per heavy atom. The lowest BCUT2D eigenvalue weighted by Gasteiger charge is -2.44. The fourth-order valence-corrected chi connectivity index (χ4v) is 9.56. The minimum atomic E-state index is -0.972.